The van der Waals surface area contributed by atoms with Crippen LogP contribution in [0.3, 0.4) is 0 Å². The monoisotopic (exact) mass is 272 g/mol. The summed E-state index contributed by atoms with van der Waals surface area (Å²) in [6.07, 6.45) is 4.26. The summed E-state index contributed by atoms with van der Waals surface area (Å²) < 4.78 is 5.68. The van der Waals surface area contributed by atoms with E-state index < -0.39 is 5.54 Å². The molecule has 1 heterocycles. The zero-order chi connectivity index (χ0) is 11.1. The van der Waals surface area contributed by atoms with Gasteiger partial charge >= 0.3 is 5.97 Å². The molecule has 1 aromatic rings. The quantitative estimate of drug-likeness (QED) is 0.761. The number of halogens is 1. The summed E-state index contributed by atoms with van der Waals surface area (Å²) in [5, 5.41) is 0. The number of aromatic nitrogens is 1. The predicted octanol–water partition coefficient (Wildman–Crippen LogP) is 1.44. The molecule has 4 nitrogen and oxygen atoms in total. The maximum atomic E-state index is 11.7. The molecule has 1 atom stereocenters. The van der Waals surface area contributed by atoms with Gasteiger partial charge < -0.3 is 15.5 Å². The molecule has 82 valence electrons. The Bertz CT molecular complexity index is 402. The van der Waals surface area contributed by atoms with E-state index in [0.717, 1.165) is 28.6 Å². The highest BCUT2D eigenvalue weighted by Gasteiger charge is 2.42. The Balaban J connectivity index is 2.49. The zero-order valence-electron chi connectivity index (χ0n) is 8.47. The molecule has 0 aromatic carbocycles. The number of carbonyl (C=O) groups is 1. The van der Waals surface area contributed by atoms with Gasteiger partial charge in [-0.15, -0.1) is 0 Å². The number of hydrogen-bond acceptors (Lipinski definition) is 3. The average molecular weight is 273 g/mol. The van der Waals surface area contributed by atoms with Crippen LogP contribution >= 0.6 is 15.9 Å². The van der Waals surface area contributed by atoms with Gasteiger partial charge in [-0.05, 0) is 40.8 Å². The highest BCUT2D eigenvalue weighted by atomic mass is 79.9. The maximum Gasteiger partial charge on any atom is 0.330 e. The van der Waals surface area contributed by atoms with Crippen LogP contribution in [-0.4, -0.2) is 18.1 Å². The van der Waals surface area contributed by atoms with Crippen LogP contribution in [0.4, 0.5) is 0 Å². The van der Waals surface area contributed by atoms with Gasteiger partial charge in [0.15, 0.2) is 0 Å². The second kappa shape index (κ2) is 3.64. The van der Waals surface area contributed by atoms with E-state index >= 15 is 0 Å². The van der Waals surface area contributed by atoms with E-state index in [4.69, 9.17) is 10.5 Å². The van der Waals surface area contributed by atoms with Gasteiger partial charge in [-0.25, -0.2) is 4.79 Å². The molecule has 0 aliphatic heterocycles. The van der Waals surface area contributed by atoms with Crippen LogP contribution in [0.25, 0.3) is 0 Å². The van der Waals surface area contributed by atoms with Crippen molar-refractivity contribution in [2.24, 2.45) is 5.73 Å². The van der Waals surface area contributed by atoms with Crippen LogP contribution in [0.1, 0.15) is 24.0 Å². The summed E-state index contributed by atoms with van der Waals surface area (Å²) in [5.41, 5.74) is 7.09. The van der Waals surface area contributed by atoms with Gasteiger partial charge in [-0.1, -0.05) is 0 Å². The second-order valence-electron chi connectivity index (χ2n) is 3.81. The average Bonchev–Trinajstić information content (AvgIpc) is 2.61. The summed E-state index contributed by atoms with van der Waals surface area (Å²) in [6, 6.07) is 0. The zero-order valence-corrected chi connectivity index (χ0v) is 10.1. The fraction of sp³-hybridized carbons (Fsp3) is 0.500. The van der Waals surface area contributed by atoms with Crippen molar-refractivity contribution in [2.75, 3.05) is 7.11 Å². The first-order chi connectivity index (χ1) is 7.09. The van der Waals surface area contributed by atoms with E-state index in [9.17, 15) is 4.79 Å². The number of nitrogens with two attached hydrogens (primary N) is 1. The minimum atomic E-state index is -0.981. The molecule has 0 amide bonds. The molecule has 0 saturated carbocycles. The van der Waals surface area contributed by atoms with Crippen molar-refractivity contribution >= 4 is 21.9 Å². The van der Waals surface area contributed by atoms with Crippen LogP contribution in [0, 0.1) is 0 Å². The summed E-state index contributed by atoms with van der Waals surface area (Å²) in [6.45, 7) is 0. The largest absolute Gasteiger partial charge is 0.467 e. The van der Waals surface area contributed by atoms with Gasteiger partial charge in [0.25, 0.3) is 0 Å². The lowest BCUT2D eigenvalue weighted by molar-refractivity contribution is -0.148. The first-order valence-electron chi connectivity index (χ1n) is 4.83. The fourth-order valence-electron chi connectivity index (χ4n) is 2.14. The Kier molecular flexibility index (Phi) is 2.60. The Morgan fingerprint density at radius 1 is 1.73 bits per heavy atom. The van der Waals surface area contributed by atoms with E-state index in [1.165, 1.54) is 7.11 Å². The highest BCUT2D eigenvalue weighted by Crippen LogP contribution is 2.37. The Morgan fingerprint density at radius 2 is 2.47 bits per heavy atom. The van der Waals surface area contributed by atoms with Gasteiger partial charge in [0.05, 0.1) is 11.7 Å². The van der Waals surface area contributed by atoms with Gasteiger partial charge in [0.1, 0.15) is 5.54 Å². The minimum Gasteiger partial charge on any atom is -0.467 e. The van der Waals surface area contributed by atoms with Crippen molar-refractivity contribution in [3.63, 3.8) is 0 Å². The van der Waals surface area contributed by atoms with Gasteiger partial charge in [0.2, 0.25) is 0 Å². The topological polar surface area (TPSA) is 68.1 Å². The van der Waals surface area contributed by atoms with E-state index in [0.29, 0.717) is 6.42 Å². The van der Waals surface area contributed by atoms with Crippen LogP contribution < -0.4 is 5.73 Å². The highest BCUT2D eigenvalue weighted by molar-refractivity contribution is 9.10. The van der Waals surface area contributed by atoms with E-state index in [2.05, 4.69) is 20.9 Å². The minimum absolute atomic E-state index is 0.366. The summed E-state index contributed by atoms with van der Waals surface area (Å²) in [7, 11) is 1.37. The SMILES string of the molecule is COC(=O)C1(N)CCCc2c1c[nH]c2Br. The number of rotatable bonds is 1. The molecular formula is C10H13BrN2O2. The number of fused-ring (bicyclic) bond motifs is 1. The van der Waals surface area contributed by atoms with Crippen LogP contribution in [-0.2, 0) is 21.5 Å². The number of hydrogen-bond donors (Lipinski definition) is 2. The Morgan fingerprint density at radius 3 is 3.13 bits per heavy atom. The molecule has 0 fully saturated rings. The van der Waals surface area contributed by atoms with Crippen LogP contribution in [0.15, 0.2) is 10.8 Å². The molecule has 0 saturated heterocycles. The van der Waals surface area contributed by atoms with Crippen molar-refractivity contribution in [1.29, 1.82) is 0 Å². The maximum absolute atomic E-state index is 11.7. The number of ether oxygens (including phenoxy) is 1. The molecule has 0 spiro atoms. The molecule has 1 aromatic heterocycles. The molecule has 1 aliphatic rings. The molecule has 1 unspecified atom stereocenters. The summed E-state index contributed by atoms with van der Waals surface area (Å²) in [4.78, 5) is 14.7. The lowest BCUT2D eigenvalue weighted by atomic mass is 9.79. The first-order valence-corrected chi connectivity index (χ1v) is 5.62. The number of aromatic amines is 1. The van der Waals surface area contributed by atoms with E-state index in [1.54, 1.807) is 6.20 Å². The molecule has 3 N–H and O–H groups in total. The number of H-pyrrole nitrogens is 1. The van der Waals surface area contributed by atoms with Gasteiger partial charge in [-0.3, -0.25) is 0 Å². The molecule has 5 heteroatoms. The molecule has 0 bridgehead atoms. The number of esters is 1. The normalized spacial score (nSPS) is 24.7. The molecule has 2 rings (SSSR count). The first kappa shape index (κ1) is 10.7. The number of methoxy groups -OCH3 is 1. The van der Waals surface area contributed by atoms with Gasteiger partial charge in [-0.2, -0.15) is 0 Å². The Hall–Kier alpha value is -0.810. The van der Waals surface area contributed by atoms with Crippen LogP contribution in [0.2, 0.25) is 0 Å². The smallest absolute Gasteiger partial charge is 0.330 e. The van der Waals surface area contributed by atoms with Crippen molar-refractivity contribution < 1.29 is 9.53 Å². The number of carbonyl (C=O) groups excluding carboxylic acids is 1. The standard InChI is InChI=1S/C10H13BrN2O2/c1-15-9(14)10(12)4-2-3-6-7(10)5-13-8(6)11/h5,13H,2-4,12H2,1H3. The second-order valence-corrected chi connectivity index (χ2v) is 4.60. The van der Waals surface area contributed by atoms with Crippen molar-refractivity contribution in [3.05, 3.63) is 21.9 Å². The predicted molar refractivity (Wildman–Crippen MR) is 59.3 cm³/mol. The molecule has 0 radical (unpaired) electrons. The summed E-state index contributed by atoms with van der Waals surface area (Å²) >= 11 is 3.41. The van der Waals surface area contributed by atoms with Crippen LogP contribution in [0.5, 0.6) is 0 Å². The lowest BCUT2D eigenvalue weighted by Crippen LogP contribution is -2.47. The third-order valence-electron chi connectivity index (χ3n) is 2.96. The Labute approximate surface area is 96.3 Å². The van der Waals surface area contributed by atoms with E-state index in [1.807, 2.05) is 0 Å². The van der Waals surface area contributed by atoms with Crippen molar-refractivity contribution in [1.82, 2.24) is 4.98 Å². The fourth-order valence-corrected chi connectivity index (χ4v) is 2.67. The third kappa shape index (κ3) is 1.50. The molecule has 1 aliphatic carbocycles. The third-order valence-corrected chi connectivity index (χ3v) is 3.67. The number of nitrogens with one attached hydrogen (secondary N) is 1. The molecule has 15 heavy (non-hydrogen) atoms. The van der Waals surface area contributed by atoms with E-state index in [-0.39, 0.29) is 5.97 Å². The lowest BCUT2D eigenvalue weighted by Gasteiger charge is -2.30. The van der Waals surface area contributed by atoms with Crippen molar-refractivity contribution in [2.45, 2.75) is 24.8 Å². The summed E-state index contributed by atoms with van der Waals surface area (Å²) in [5.74, 6) is -0.366. The van der Waals surface area contributed by atoms with Crippen molar-refractivity contribution in [3.8, 4) is 0 Å². The molecular weight excluding hydrogens is 260 g/mol. The van der Waals surface area contributed by atoms with Gasteiger partial charge in [0, 0.05) is 11.8 Å².